The average Bonchev–Trinajstić information content (AvgIpc) is 2.43. The number of benzene rings is 1. The van der Waals surface area contributed by atoms with Gasteiger partial charge in [-0.1, -0.05) is 6.58 Å². The maximum absolute atomic E-state index is 11.8. The number of ketones is 1. The van der Waals surface area contributed by atoms with Crippen LogP contribution in [-0.4, -0.2) is 28.8 Å². The van der Waals surface area contributed by atoms with Gasteiger partial charge in [-0.25, -0.2) is 4.79 Å². The van der Waals surface area contributed by atoms with E-state index in [9.17, 15) is 14.7 Å². The van der Waals surface area contributed by atoms with Crippen molar-refractivity contribution in [2.75, 3.05) is 0 Å². The minimum atomic E-state index is -1.43. The van der Waals surface area contributed by atoms with Crippen LogP contribution in [0.5, 0.6) is 5.75 Å². The summed E-state index contributed by atoms with van der Waals surface area (Å²) in [4.78, 5) is 31.7. The molecule has 0 bridgehead atoms. The number of hydrogen-bond acceptors (Lipinski definition) is 6. The Labute approximate surface area is 122 Å². The van der Waals surface area contributed by atoms with Crippen LogP contribution in [0.3, 0.4) is 0 Å². The highest BCUT2D eigenvalue weighted by molar-refractivity contribution is 6.01. The van der Waals surface area contributed by atoms with Crippen LogP contribution in [0, 0.1) is 0 Å². The Balaban J connectivity index is 2.60. The summed E-state index contributed by atoms with van der Waals surface area (Å²) in [7, 11) is 0. The van der Waals surface area contributed by atoms with Crippen molar-refractivity contribution in [3.8, 4) is 5.75 Å². The first-order valence-corrected chi connectivity index (χ1v) is 6.27. The van der Waals surface area contributed by atoms with Crippen molar-refractivity contribution in [3.63, 3.8) is 0 Å². The highest BCUT2D eigenvalue weighted by Gasteiger charge is 2.25. The summed E-state index contributed by atoms with van der Waals surface area (Å²) >= 11 is 0. The molecular weight excluding hydrogens is 276 g/mol. The molecule has 6 nitrogen and oxygen atoms in total. The molecule has 1 N–H and O–H groups in total. The van der Waals surface area contributed by atoms with Crippen molar-refractivity contribution in [1.82, 2.24) is 0 Å². The standard InChI is InChI=1S/C15H18O6/c1-5-13(16)21-20-10(2)19-12-8-6-11(7-9-12)14(17)15(3,4)18/h5-10,18H,1H2,2-4H3. The Hall–Kier alpha value is -2.18. The van der Waals surface area contributed by atoms with Gasteiger partial charge in [0.1, 0.15) is 11.4 Å². The van der Waals surface area contributed by atoms with Crippen molar-refractivity contribution in [2.24, 2.45) is 0 Å². The fraction of sp³-hybridized carbons (Fsp3) is 0.333. The second-order valence-corrected chi connectivity index (χ2v) is 4.80. The van der Waals surface area contributed by atoms with Crippen molar-refractivity contribution in [1.29, 1.82) is 0 Å². The quantitative estimate of drug-likeness (QED) is 0.272. The Morgan fingerprint density at radius 1 is 1.29 bits per heavy atom. The SMILES string of the molecule is C=CC(=O)OOC(C)Oc1ccc(C(=O)C(C)(C)O)cc1. The lowest BCUT2D eigenvalue weighted by Crippen LogP contribution is -2.31. The largest absolute Gasteiger partial charge is 0.461 e. The zero-order valence-electron chi connectivity index (χ0n) is 12.2. The van der Waals surface area contributed by atoms with Gasteiger partial charge in [0.2, 0.25) is 6.29 Å². The fourth-order valence-electron chi connectivity index (χ4n) is 1.40. The molecule has 0 saturated heterocycles. The first-order chi connectivity index (χ1) is 9.74. The summed E-state index contributed by atoms with van der Waals surface area (Å²) in [5.74, 6) is -0.695. The van der Waals surface area contributed by atoms with E-state index in [4.69, 9.17) is 4.74 Å². The molecule has 0 spiro atoms. The number of ether oxygens (including phenoxy) is 1. The van der Waals surface area contributed by atoms with Gasteiger partial charge in [0, 0.05) is 18.6 Å². The molecule has 21 heavy (non-hydrogen) atoms. The highest BCUT2D eigenvalue weighted by Crippen LogP contribution is 2.18. The van der Waals surface area contributed by atoms with Crippen LogP contribution >= 0.6 is 0 Å². The van der Waals surface area contributed by atoms with Crippen LogP contribution in [-0.2, 0) is 14.6 Å². The van der Waals surface area contributed by atoms with Crippen molar-refractivity contribution >= 4 is 11.8 Å². The molecule has 0 heterocycles. The molecule has 0 aromatic heterocycles. The van der Waals surface area contributed by atoms with Crippen LogP contribution in [0.1, 0.15) is 31.1 Å². The van der Waals surface area contributed by atoms with E-state index >= 15 is 0 Å². The van der Waals surface area contributed by atoms with Crippen LogP contribution in [0.2, 0.25) is 0 Å². The van der Waals surface area contributed by atoms with E-state index in [1.165, 1.54) is 32.9 Å². The van der Waals surface area contributed by atoms with Gasteiger partial charge in [-0.05, 0) is 38.1 Å². The lowest BCUT2D eigenvalue weighted by atomic mass is 9.97. The molecule has 1 atom stereocenters. The third-order valence-corrected chi connectivity index (χ3v) is 2.41. The fourth-order valence-corrected chi connectivity index (χ4v) is 1.40. The molecule has 0 aliphatic heterocycles. The molecule has 0 amide bonds. The molecule has 0 saturated carbocycles. The van der Waals surface area contributed by atoms with Crippen LogP contribution in [0.25, 0.3) is 0 Å². The summed E-state index contributed by atoms with van der Waals surface area (Å²) in [5, 5.41) is 9.64. The van der Waals surface area contributed by atoms with Crippen molar-refractivity contribution < 1.29 is 29.2 Å². The molecule has 0 aliphatic carbocycles. The lowest BCUT2D eigenvalue weighted by molar-refractivity contribution is -0.326. The third kappa shape index (κ3) is 5.37. The zero-order chi connectivity index (χ0) is 16.0. The first-order valence-electron chi connectivity index (χ1n) is 6.27. The van der Waals surface area contributed by atoms with Gasteiger partial charge < -0.3 is 9.84 Å². The number of Topliss-reactive ketones (excluding diaryl/α,β-unsaturated/α-hetero) is 1. The molecule has 0 fully saturated rings. The van der Waals surface area contributed by atoms with Gasteiger partial charge in [-0.15, -0.1) is 4.89 Å². The molecule has 1 aromatic carbocycles. The zero-order valence-corrected chi connectivity index (χ0v) is 12.2. The molecule has 0 radical (unpaired) electrons. The maximum Gasteiger partial charge on any atom is 0.365 e. The topological polar surface area (TPSA) is 82.1 Å². The normalized spacial score (nSPS) is 12.4. The van der Waals surface area contributed by atoms with E-state index in [0.29, 0.717) is 11.3 Å². The number of aliphatic hydroxyl groups is 1. The van der Waals surface area contributed by atoms with E-state index in [-0.39, 0.29) is 0 Å². The number of carbonyl (C=O) groups excluding carboxylic acids is 2. The minimum Gasteiger partial charge on any atom is -0.461 e. The van der Waals surface area contributed by atoms with Gasteiger partial charge >= 0.3 is 5.97 Å². The lowest BCUT2D eigenvalue weighted by Gasteiger charge is -2.16. The molecule has 114 valence electrons. The second kappa shape index (κ2) is 7.01. The number of hydrogen-bond donors (Lipinski definition) is 1. The Bertz CT molecular complexity index is 512. The summed E-state index contributed by atoms with van der Waals surface area (Å²) in [5.41, 5.74) is -1.07. The van der Waals surface area contributed by atoms with E-state index in [1.54, 1.807) is 12.1 Å². The predicted octanol–water partition coefficient (Wildman–Crippen LogP) is 2.03. The summed E-state index contributed by atoms with van der Waals surface area (Å²) in [6.07, 6.45) is 0.133. The number of rotatable bonds is 7. The van der Waals surface area contributed by atoms with Gasteiger partial charge in [0.05, 0.1) is 0 Å². The van der Waals surface area contributed by atoms with E-state index in [0.717, 1.165) is 6.08 Å². The van der Waals surface area contributed by atoms with Crippen molar-refractivity contribution in [2.45, 2.75) is 32.7 Å². The summed E-state index contributed by atoms with van der Waals surface area (Å²) < 4.78 is 5.32. The van der Waals surface area contributed by atoms with E-state index in [2.05, 4.69) is 16.4 Å². The van der Waals surface area contributed by atoms with Gasteiger partial charge in [0.15, 0.2) is 5.78 Å². The Morgan fingerprint density at radius 3 is 2.33 bits per heavy atom. The smallest absolute Gasteiger partial charge is 0.365 e. The number of carbonyl (C=O) groups is 2. The average molecular weight is 294 g/mol. The monoisotopic (exact) mass is 294 g/mol. The maximum atomic E-state index is 11.8. The predicted molar refractivity (Wildman–Crippen MR) is 74.5 cm³/mol. The van der Waals surface area contributed by atoms with Gasteiger partial charge in [-0.2, -0.15) is 0 Å². The second-order valence-electron chi connectivity index (χ2n) is 4.80. The minimum absolute atomic E-state index is 0.363. The van der Waals surface area contributed by atoms with E-state index in [1.807, 2.05) is 0 Å². The molecule has 1 rings (SSSR count). The summed E-state index contributed by atoms with van der Waals surface area (Å²) in [6.45, 7) is 7.60. The molecule has 0 aliphatic rings. The van der Waals surface area contributed by atoms with Gasteiger partial charge in [0.25, 0.3) is 0 Å². The van der Waals surface area contributed by atoms with Crippen LogP contribution < -0.4 is 4.74 Å². The summed E-state index contributed by atoms with van der Waals surface area (Å²) in [6, 6.07) is 6.15. The molecule has 1 unspecified atom stereocenters. The van der Waals surface area contributed by atoms with E-state index < -0.39 is 23.6 Å². The molecule has 6 heteroatoms. The first kappa shape index (κ1) is 16.9. The molecule has 1 aromatic rings. The van der Waals surface area contributed by atoms with Crippen LogP contribution in [0.15, 0.2) is 36.9 Å². The van der Waals surface area contributed by atoms with Crippen molar-refractivity contribution in [3.05, 3.63) is 42.5 Å². The van der Waals surface area contributed by atoms with Crippen LogP contribution in [0.4, 0.5) is 0 Å². The highest BCUT2D eigenvalue weighted by atomic mass is 17.2. The third-order valence-electron chi connectivity index (χ3n) is 2.41. The Kier molecular flexibility index (Phi) is 5.63. The molecular formula is C15H18O6. The van der Waals surface area contributed by atoms with Gasteiger partial charge in [-0.3, -0.25) is 9.68 Å². The Morgan fingerprint density at radius 2 is 1.86 bits per heavy atom.